The van der Waals surface area contributed by atoms with Gasteiger partial charge in [-0.25, -0.2) is 9.97 Å². The molecule has 0 aliphatic heterocycles. The molecule has 0 spiro atoms. The molecule has 2 radical (unpaired) electrons. The number of fused-ring (bicyclic) bond motifs is 1. The molecule has 0 amide bonds. The van der Waals surface area contributed by atoms with E-state index in [1.807, 2.05) is 18.5 Å². The summed E-state index contributed by atoms with van der Waals surface area (Å²) in [6.45, 7) is 0. The van der Waals surface area contributed by atoms with Crippen molar-refractivity contribution in [3.05, 3.63) is 48.0 Å². The maximum absolute atomic E-state index is 4.53. The van der Waals surface area contributed by atoms with Gasteiger partial charge in [0.05, 0.1) is 5.69 Å². The molecule has 0 fully saturated rings. The molecule has 0 atom stereocenters. The molecule has 0 bridgehead atoms. The van der Waals surface area contributed by atoms with Crippen molar-refractivity contribution in [2.45, 2.75) is 24.4 Å². The quantitative estimate of drug-likeness (QED) is 0.604. The summed E-state index contributed by atoms with van der Waals surface area (Å²) in [7, 11) is 0. The standard InChI is InChI=1S/C15H14N2S/c1-18-15-16-9-8-14(17-15)13-7-6-11-4-2-3-5-12(11)10-13/h6-10H,2-4H2,1H3. The maximum Gasteiger partial charge on any atom is 0.187 e. The Kier molecular flexibility index (Phi) is 3.33. The maximum atomic E-state index is 4.53. The normalized spacial score (nSPS) is 14.3. The van der Waals surface area contributed by atoms with Gasteiger partial charge in [-0.3, -0.25) is 0 Å². The van der Waals surface area contributed by atoms with Crippen LogP contribution >= 0.6 is 11.8 Å². The van der Waals surface area contributed by atoms with Crippen molar-refractivity contribution >= 4 is 11.8 Å². The zero-order valence-corrected chi connectivity index (χ0v) is 11.1. The summed E-state index contributed by atoms with van der Waals surface area (Å²) in [6.07, 6.45) is 10.7. The molecule has 90 valence electrons. The van der Waals surface area contributed by atoms with Gasteiger partial charge in [-0.1, -0.05) is 23.9 Å². The van der Waals surface area contributed by atoms with Crippen LogP contribution in [0.15, 0.2) is 35.6 Å². The fraction of sp³-hybridized carbons (Fsp3) is 0.267. The Hall–Kier alpha value is -1.35. The SMILES string of the molecule is CSc1nccc(-c2ccc3c(c2)[C]CCC3)n1. The predicted octanol–water partition coefficient (Wildman–Crippen LogP) is 3.63. The van der Waals surface area contributed by atoms with E-state index in [-0.39, 0.29) is 0 Å². The van der Waals surface area contributed by atoms with Crippen LogP contribution < -0.4 is 0 Å². The monoisotopic (exact) mass is 254 g/mol. The van der Waals surface area contributed by atoms with E-state index in [4.69, 9.17) is 0 Å². The van der Waals surface area contributed by atoms with Crippen LogP contribution in [0.2, 0.25) is 0 Å². The van der Waals surface area contributed by atoms with Crippen LogP contribution in [0.1, 0.15) is 24.0 Å². The van der Waals surface area contributed by atoms with E-state index in [0.717, 1.165) is 22.8 Å². The molecule has 1 aromatic heterocycles. The zero-order valence-electron chi connectivity index (χ0n) is 10.3. The first kappa shape index (κ1) is 11.7. The molecule has 3 rings (SSSR count). The van der Waals surface area contributed by atoms with Crippen molar-refractivity contribution < 1.29 is 0 Å². The Bertz CT molecular complexity index is 566. The predicted molar refractivity (Wildman–Crippen MR) is 74.5 cm³/mol. The minimum Gasteiger partial charge on any atom is -0.231 e. The minimum atomic E-state index is 0.818. The van der Waals surface area contributed by atoms with Crippen LogP contribution in [-0.2, 0) is 6.42 Å². The van der Waals surface area contributed by atoms with E-state index in [1.165, 1.54) is 24.0 Å². The first-order chi connectivity index (χ1) is 8.86. The lowest BCUT2D eigenvalue weighted by atomic mass is 9.90. The van der Waals surface area contributed by atoms with Gasteiger partial charge < -0.3 is 0 Å². The van der Waals surface area contributed by atoms with Crippen molar-refractivity contribution in [1.82, 2.24) is 9.97 Å². The zero-order chi connectivity index (χ0) is 12.4. The number of aromatic nitrogens is 2. The second kappa shape index (κ2) is 5.11. The van der Waals surface area contributed by atoms with Crippen LogP contribution in [0, 0.1) is 6.42 Å². The van der Waals surface area contributed by atoms with Crippen LogP contribution in [0.5, 0.6) is 0 Å². The third kappa shape index (κ3) is 2.27. The average molecular weight is 254 g/mol. The van der Waals surface area contributed by atoms with E-state index in [2.05, 4.69) is 34.6 Å². The molecule has 1 aliphatic rings. The highest BCUT2D eigenvalue weighted by molar-refractivity contribution is 7.98. The first-order valence-corrected chi connectivity index (χ1v) is 7.33. The van der Waals surface area contributed by atoms with E-state index < -0.39 is 0 Å². The smallest absolute Gasteiger partial charge is 0.187 e. The third-order valence-electron chi connectivity index (χ3n) is 3.16. The highest BCUT2D eigenvalue weighted by atomic mass is 32.2. The summed E-state index contributed by atoms with van der Waals surface area (Å²) in [6, 6.07) is 8.52. The second-order valence-electron chi connectivity index (χ2n) is 4.33. The fourth-order valence-electron chi connectivity index (χ4n) is 2.22. The average Bonchev–Trinajstić information content (AvgIpc) is 2.47. The largest absolute Gasteiger partial charge is 0.231 e. The van der Waals surface area contributed by atoms with Crippen LogP contribution in [0.25, 0.3) is 11.3 Å². The number of rotatable bonds is 2. The third-order valence-corrected chi connectivity index (χ3v) is 3.72. The molecule has 0 saturated carbocycles. The van der Waals surface area contributed by atoms with Gasteiger partial charge in [-0.05, 0) is 48.8 Å². The van der Waals surface area contributed by atoms with Crippen LogP contribution in [0.3, 0.4) is 0 Å². The summed E-state index contributed by atoms with van der Waals surface area (Å²) in [5, 5.41) is 0.818. The van der Waals surface area contributed by atoms with Gasteiger partial charge in [0.25, 0.3) is 0 Å². The lowest BCUT2D eigenvalue weighted by Crippen LogP contribution is -2.01. The summed E-state index contributed by atoms with van der Waals surface area (Å²) >= 11 is 1.57. The van der Waals surface area contributed by atoms with Crippen LogP contribution in [-0.4, -0.2) is 16.2 Å². The molecule has 0 N–H and O–H groups in total. The Morgan fingerprint density at radius 2 is 2.22 bits per heavy atom. The number of benzene rings is 1. The van der Waals surface area contributed by atoms with Gasteiger partial charge in [-0.2, -0.15) is 0 Å². The second-order valence-corrected chi connectivity index (χ2v) is 5.10. The van der Waals surface area contributed by atoms with Gasteiger partial charge in [0.1, 0.15) is 0 Å². The van der Waals surface area contributed by atoms with E-state index in [9.17, 15) is 0 Å². The summed E-state index contributed by atoms with van der Waals surface area (Å²) in [5.41, 5.74) is 4.80. The number of nitrogens with zero attached hydrogens (tertiary/aromatic N) is 2. The molecular formula is C15H14N2S. The Morgan fingerprint density at radius 3 is 3.11 bits per heavy atom. The van der Waals surface area contributed by atoms with E-state index in [0.29, 0.717) is 0 Å². The van der Waals surface area contributed by atoms with Crippen LogP contribution in [0.4, 0.5) is 0 Å². The molecule has 1 aromatic carbocycles. The molecule has 2 aromatic rings. The van der Waals surface area contributed by atoms with E-state index >= 15 is 0 Å². The van der Waals surface area contributed by atoms with Gasteiger partial charge in [0.15, 0.2) is 5.16 Å². The van der Waals surface area contributed by atoms with Gasteiger partial charge in [-0.15, -0.1) is 0 Å². The topological polar surface area (TPSA) is 25.8 Å². The van der Waals surface area contributed by atoms with Crippen molar-refractivity contribution in [2.24, 2.45) is 0 Å². The Balaban J connectivity index is 2.00. The molecule has 0 unspecified atom stereocenters. The Morgan fingerprint density at radius 1 is 1.28 bits per heavy atom. The number of aryl methyl sites for hydroxylation is 1. The first-order valence-electron chi connectivity index (χ1n) is 6.11. The van der Waals surface area contributed by atoms with Crippen molar-refractivity contribution in [3.63, 3.8) is 0 Å². The van der Waals surface area contributed by atoms with Crippen molar-refractivity contribution in [1.29, 1.82) is 0 Å². The molecule has 1 aliphatic carbocycles. The number of hydrogen-bond acceptors (Lipinski definition) is 3. The summed E-state index contributed by atoms with van der Waals surface area (Å²) in [4.78, 5) is 8.74. The number of hydrogen-bond donors (Lipinski definition) is 0. The lowest BCUT2D eigenvalue weighted by Gasteiger charge is -2.15. The molecule has 1 heterocycles. The summed E-state index contributed by atoms with van der Waals surface area (Å²) < 4.78 is 0. The van der Waals surface area contributed by atoms with Crippen molar-refractivity contribution in [3.8, 4) is 11.3 Å². The number of thioether (sulfide) groups is 1. The van der Waals surface area contributed by atoms with Crippen molar-refractivity contribution in [2.75, 3.05) is 6.26 Å². The molecule has 2 nitrogen and oxygen atoms in total. The highest BCUT2D eigenvalue weighted by Crippen LogP contribution is 2.27. The highest BCUT2D eigenvalue weighted by Gasteiger charge is 2.11. The molecule has 0 saturated heterocycles. The fourth-order valence-corrected chi connectivity index (χ4v) is 2.58. The Labute approximate surface area is 112 Å². The van der Waals surface area contributed by atoms with Gasteiger partial charge in [0.2, 0.25) is 0 Å². The molecule has 3 heteroatoms. The molecular weight excluding hydrogens is 240 g/mol. The van der Waals surface area contributed by atoms with E-state index in [1.54, 1.807) is 11.8 Å². The lowest BCUT2D eigenvalue weighted by molar-refractivity contribution is 0.775. The van der Waals surface area contributed by atoms with Gasteiger partial charge >= 0.3 is 0 Å². The minimum absolute atomic E-state index is 0.818. The summed E-state index contributed by atoms with van der Waals surface area (Å²) in [5.74, 6) is 0. The molecule has 18 heavy (non-hydrogen) atoms. The van der Waals surface area contributed by atoms with Gasteiger partial charge in [0, 0.05) is 18.2 Å².